The largest absolute Gasteiger partial charge is 0.341 e. The van der Waals surface area contributed by atoms with E-state index in [2.05, 4.69) is 30.9 Å². The van der Waals surface area contributed by atoms with Crippen LogP contribution in [-0.2, 0) is 0 Å². The van der Waals surface area contributed by atoms with Crippen molar-refractivity contribution in [3.05, 3.63) is 47.9 Å². The number of amides is 1. The molecule has 1 amide bonds. The van der Waals surface area contributed by atoms with Crippen LogP contribution in [0.3, 0.4) is 0 Å². The topological polar surface area (TPSA) is 96.5 Å². The van der Waals surface area contributed by atoms with Crippen LogP contribution in [0.25, 0.3) is 10.9 Å². The lowest BCUT2D eigenvalue weighted by atomic mass is 10.2. The van der Waals surface area contributed by atoms with Crippen molar-refractivity contribution in [3.8, 4) is 0 Å². The Balaban J connectivity index is 1.82. The third-order valence-electron chi connectivity index (χ3n) is 2.93. The minimum atomic E-state index is -0.338. The van der Waals surface area contributed by atoms with Crippen LogP contribution in [0.15, 0.2) is 36.4 Å². The number of carbonyl (C=O) groups excluding carboxylic acids is 1. The highest BCUT2D eigenvalue weighted by molar-refractivity contribution is 5.95. The molecule has 0 bridgehead atoms. The molecule has 0 aliphatic rings. The number of H-pyrrole nitrogens is 1. The highest BCUT2D eigenvalue weighted by atomic mass is 16.1. The van der Waals surface area contributed by atoms with Gasteiger partial charge in [-0.2, -0.15) is 5.21 Å². The van der Waals surface area contributed by atoms with Gasteiger partial charge in [-0.05, 0) is 19.1 Å². The summed E-state index contributed by atoms with van der Waals surface area (Å²) in [6, 6.07) is 10.9. The smallest absolute Gasteiger partial charge is 0.270 e. The third-order valence-corrected chi connectivity index (χ3v) is 2.93. The molecular formula is C13H12N6O. The Bertz CT molecular complexity index is 739. The van der Waals surface area contributed by atoms with Crippen LogP contribution < -0.4 is 5.32 Å². The van der Waals surface area contributed by atoms with Crippen molar-refractivity contribution in [2.45, 2.75) is 13.0 Å². The molecule has 0 aliphatic heterocycles. The number of tetrazole rings is 1. The zero-order valence-electron chi connectivity index (χ0n) is 10.7. The number of nitrogens with zero attached hydrogens (tertiary/aromatic N) is 4. The first-order valence-electron chi connectivity index (χ1n) is 6.14. The van der Waals surface area contributed by atoms with Crippen LogP contribution >= 0.6 is 0 Å². The van der Waals surface area contributed by atoms with Gasteiger partial charge in [0.15, 0.2) is 5.82 Å². The fourth-order valence-corrected chi connectivity index (χ4v) is 1.88. The Morgan fingerprint density at radius 3 is 2.90 bits per heavy atom. The second-order valence-corrected chi connectivity index (χ2v) is 4.35. The minimum absolute atomic E-state index is 0.270. The number of fused-ring (bicyclic) bond motifs is 1. The highest BCUT2D eigenvalue weighted by Crippen LogP contribution is 2.12. The second kappa shape index (κ2) is 5.04. The first-order chi connectivity index (χ1) is 9.74. The van der Waals surface area contributed by atoms with Gasteiger partial charge < -0.3 is 5.32 Å². The van der Waals surface area contributed by atoms with Gasteiger partial charge >= 0.3 is 0 Å². The molecule has 2 N–H and O–H groups in total. The Hall–Kier alpha value is -2.83. The standard InChI is InChI=1S/C13H12N6O/c1-8(12-16-18-19-17-12)14-13(20)11-7-6-9-4-2-3-5-10(9)15-11/h2-8H,1H3,(H,14,20)(H,16,17,18,19). The van der Waals surface area contributed by atoms with Gasteiger partial charge in [0, 0.05) is 5.39 Å². The molecule has 2 heterocycles. The first kappa shape index (κ1) is 12.2. The van der Waals surface area contributed by atoms with Crippen molar-refractivity contribution in [2.75, 3.05) is 0 Å². The number of benzene rings is 1. The molecule has 0 radical (unpaired) electrons. The lowest BCUT2D eigenvalue weighted by Crippen LogP contribution is -2.28. The molecule has 0 saturated heterocycles. The van der Waals surface area contributed by atoms with E-state index in [-0.39, 0.29) is 11.9 Å². The van der Waals surface area contributed by atoms with Crippen LogP contribution in [0.4, 0.5) is 0 Å². The van der Waals surface area contributed by atoms with Crippen molar-refractivity contribution in [3.63, 3.8) is 0 Å². The van der Waals surface area contributed by atoms with Gasteiger partial charge in [-0.15, -0.1) is 10.2 Å². The maximum atomic E-state index is 12.1. The summed E-state index contributed by atoms with van der Waals surface area (Å²) in [6.07, 6.45) is 0. The lowest BCUT2D eigenvalue weighted by molar-refractivity contribution is 0.0933. The monoisotopic (exact) mass is 268 g/mol. The van der Waals surface area contributed by atoms with Gasteiger partial charge in [-0.25, -0.2) is 4.98 Å². The molecule has 3 aromatic rings. The Morgan fingerprint density at radius 2 is 2.10 bits per heavy atom. The normalized spacial score (nSPS) is 12.2. The number of pyridine rings is 1. The number of para-hydroxylation sites is 1. The number of rotatable bonds is 3. The van der Waals surface area contributed by atoms with Crippen molar-refractivity contribution in [1.82, 2.24) is 30.9 Å². The molecule has 0 spiro atoms. The molecule has 7 nitrogen and oxygen atoms in total. The summed E-state index contributed by atoms with van der Waals surface area (Å²) in [6.45, 7) is 1.78. The Kier molecular flexibility index (Phi) is 3.08. The van der Waals surface area contributed by atoms with E-state index in [1.54, 1.807) is 13.0 Å². The molecule has 7 heteroatoms. The number of aromatic amines is 1. The predicted molar refractivity (Wildman–Crippen MR) is 71.8 cm³/mol. The van der Waals surface area contributed by atoms with Crippen LogP contribution in [0.5, 0.6) is 0 Å². The molecule has 1 unspecified atom stereocenters. The number of nitrogens with one attached hydrogen (secondary N) is 2. The van der Waals surface area contributed by atoms with Gasteiger partial charge in [-0.3, -0.25) is 4.79 Å². The maximum Gasteiger partial charge on any atom is 0.270 e. The van der Waals surface area contributed by atoms with E-state index in [9.17, 15) is 4.79 Å². The predicted octanol–water partition coefficient (Wildman–Crippen LogP) is 1.24. The van der Waals surface area contributed by atoms with Crippen LogP contribution in [0.2, 0.25) is 0 Å². The van der Waals surface area contributed by atoms with Gasteiger partial charge in [0.25, 0.3) is 5.91 Å². The molecule has 1 aromatic carbocycles. The van der Waals surface area contributed by atoms with E-state index in [1.165, 1.54) is 0 Å². The van der Waals surface area contributed by atoms with Gasteiger partial charge in [0.1, 0.15) is 5.69 Å². The molecular weight excluding hydrogens is 256 g/mol. The average molecular weight is 268 g/mol. The van der Waals surface area contributed by atoms with Crippen molar-refractivity contribution in [1.29, 1.82) is 0 Å². The van der Waals surface area contributed by atoms with Gasteiger partial charge in [0.2, 0.25) is 0 Å². The summed E-state index contributed by atoms with van der Waals surface area (Å²) >= 11 is 0. The molecule has 0 saturated carbocycles. The van der Waals surface area contributed by atoms with Gasteiger partial charge in [-0.1, -0.05) is 29.5 Å². The molecule has 100 valence electrons. The Labute approximate surface area is 114 Å². The zero-order chi connectivity index (χ0) is 13.9. The quantitative estimate of drug-likeness (QED) is 0.745. The molecule has 0 fully saturated rings. The summed E-state index contributed by atoms with van der Waals surface area (Å²) in [5.74, 6) is 0.159. The third kappa shape index (κ3) is 2.33. The van der Waals surface area contributed by atoms with E-state index in [1.807, 2.05) is 30.3 Å². The van der Waals surface area contributed by atoms with Crippen LogP contribution in [0, 0.1) is 0 Å². The molecule has 0 aliphatic carbocycles. The lowest BCUT2D eigenvalue weighted by Gasteiger charge is -2.09. The maximum absolute atomic E-state index is 12.1. The summed E-state index contributed by atoms with van der Waals surface area (Å²) in [5.41, 5.74) is 1.14. The fourth-order valence-electron chi connectivity index (χ4n) is 1.88. The van der Waals surface area contributed by atoms with E-state index in [0.29, 0.717) is 11.5 Å². The Morgan fingerprint density at radius 1 is 1.25 bits per heavy atom. The van der Waals surface area contributed by atoms with Gasteiger partial charge in [0.05, 0.1) is 11.6 Å². The molecule has 2 aromatic heterocycles. The summed E-state index contributed by atoms with van der Waals surface area (Å²) in [5, 5.41) is 17.2. The van der Waals surface area contributed by atoms with Crippen LogP contribution in [0.1, 0.15) is 29.3 Å². The molecule has 3 rings (SSSR count). The van der Waals surface area contributed by atoms with Crippen LogP contribution in [-0.4, -0.2) is 31.5 Å². The van der Waals surface area contributed by atoms with Crippen molar-refractivity contribution >= 4 is 16.8 Å². The number of carbonyl (C=O) groups is 1. The SMILES string of the molecule is CC(NC(=O)c1ccc2ccccc2n1)c1nn[nH]n1. The van der Waals surface area contributed by atoms with E-state index >= 15 is 0 Å². The minimum Gasteiger partial charge on any atom is -0.341 e. The zero-order valence-corrected chi connectivity index (χ0v) is 10.7. The molecule has 20 heavy (non-hydrogen) atoms. The molecule has 1 atom stereocenters. The summed E-state index contributed by atoms with van der Waals surface area (Å²) in [7, 11) is 0. The van der Waals surface area contributed by atoms with E-state index in [0.717, 1.165) is 10.9 Å². The van der Waals surface area contributed by atoms with E-state index in [4.69, 9.17) is 0 Å². The second-order valence-electron chi connectivity index (χ2n) is 4.35. The number of hydrogen-bond donors (Lipinski definition) is 2. The number of hydrogen-bond acceptors (Lipinski definition) is 5. The highest BCUT2D eigenvalue weighted by Gasteiger charge is 2.15. The summed E-state index contributed by atoms with van der Waals surface area (Å²) in [4.78, 5) is 16.5. The van der Waals surface area contributed by atoms with Crippen molar-refractivity contribution in [2.24, 2.45) is 0 Å². The fraction of sp³-hybridized carbons (Fsp3) is 0.154. The first-order valence-corrected chi connectivity index (χ1v) is 6.14. The van der Waals surface area contributed by atoms with Crippen molar-refractivity contribution < 1.29 is 4.79 Å². The average Bonchev–Trinajstić information content (AvgIpc) is 3.01. The van der Waals surface area contributed by atoms with E-state index < -0.39 is 0 Å². The summed E-state index contributed by atoms with van der Waals surface area (Å²) < 4.78 is 0. The number of aromatic nitrogens is 5.